The lowest BCUT2D eigenvalue weighted by Gasteiger charge is -2.18. The van der Waals surface area contributed by atoms with Crippen molar-refractivity contribution in [1.82, 2.24) is 10.3 Å². The maximum absolute atomic E-state index is 12.9. The molecule has 0 spiro atoms. The molecule has 0 bridgehead atoms. The van der Waals surface area contributed by atoms with E-state index < -0.39 is 6.04 Å². The van der Waals surface area contributed by atoms with E-state index in [1.807, 2.05) is 37.4 Å². The number of fused-ring (bicyclic) bond motifs is 1. The number of methoxy groups -OCH3 is 1. The van der Waals surface area contributed by atoms with Crippen molar-refractivity contribution in [2.45, 2.75) is 25.8 Å². The van der Waals surface area contributed by atoms with Gasteiger partial charge in [0.05, 0.1) is 31.9 Å². The van der Waals surface area contributed by atoms with Crippen LogP contribution in [0.3, 0.4) is 0 Å². The van der Waals surface area contributed by atoms with Gasteiger partial charge in [0, 0.05) is 23.6 Å². The van der Waals surface area contributed by atoms with E-state index in [2.05, 4.69) is 10.3 Å². The molecule has 156 valence electrons. The van der Waals surface area contributed by atoms with E-state index in [0.29, 0.717) is 24.6 Å². The molecule has 7 nitrogen and oxygen atoms in total. The fourth-order valence-corrected chi connectivity index (χ4v) is 3.84. The summed E-state index contributed by atoms with van der Waals surface area (Å²) in [4.78, 5) is 30.0. The van der Waals surface area contributed by atoms with Crippen molar-refractivity contribution in [2.24, 2.45) is 0 Å². The Morgan fingerprint density at radius 3 is 2.83 bits per heavy atom. The number of carbonyl (C=O) groups is 2. The number of amides is 2. The van der Waals surface area contributed by atoms with Gasteiger partial charge in [-0.05, 0) is 49.2 Å². The van der Waals surface area contributed by atoms with Crippen molar-refractivity contribution >= 4 is 28.4 Å². The molecule has 7 heteroatoms. The van der Waals surface area contributed by atoms with Gasteiger partial charge in [-0.1, -0.05) is 12.1 Å². The second-order valence-corrected chi connectivity index (χ2v) is 7.15. The maximum atomic E-state index is 12.9. The maximum Gasteiger partial charge on any atom is 0.251 e. The number of rotatable bonds is 8. The first-order valence-electron chi connectivity index (χ1n) is 10.1. The van der Waals surface area contributed by atoms with Gasteiger partial charge in [-0.2, -0.15) is 0 Å². The van der Waals surface area contributed by atoms with Gasteiger partial charge in [0.25, 0.3) is 5.91 Å². The number of ether oxygens (including phenoxy) is 2. The zero-order valence-electron chi connectivity index (χ0n) is 17.1. The molecule has 1 aliphatic heterocycles. The number of hydrogen-bond donors (Lipinski definition) is 2. The highest BCUT2D eigenvalue weighted by Crippen LogP contribution is 2.32. The number of aromatic amines is 1. The first-order valence-corrected chi connectivity index (χ1v) is 10.1. The van der Waals surface area contributed by atoms with Crippen LogP contribution in [0.5, 0.6) is 11.5 Å². The van der Waals surface area contributed by atoms with E-state index in [4.69, 9.17) is 9.47 Å². The molecule has 0 unspecified atom stereocenters. The molecule has 4 rings (SSSR count). The minimum Gasteiger partial charge on any atom is -0.497 e. The zero-order chi connectivity index (χ0) is 21.1. The first kappa shape index (κ1) is 20.0. The number of H-pyrrole nitrogens is 1. The minimum absolute atomic E-state index is 0.140. The average Bonchev–Trinajstić information content (AvgIpc) is 3.28. The number of hydrogen-bond acceptors (Lipinski definition) is 5. The summed E-state index contributed by atoms with van der Waals surface area (Å²) >= 11 is 0. The molecule has 2 aromatic carbocycles. The third kappa shape index (κ3) is 3.76. The lowest BCUT2D eigenvalue weighted by molar-refractivity contribution is -0.121. The van der Waals surface area contributed by atoms with Crippen LogP contribution < -0.4 is 19.7 Å². The summed E-state index contributed by atoms with van der Waals surface area (Å²) in [5.41, 5.74) is 2.67. The SMILES string of the molecule is CCOc1ccccc1N1C(=O)C[C@H](NCCc2c[nH]c3ccc(OC)cc23)C1=O. The molecule has 1 aliphatic rings. The Kier molecular flexibility index (Phi) is 5.72. The van der Waals surface area contributed by atoms with Crippen molar-refractivity contribution < 1.29 is 19.1 Å². The summed E-state index contributed by atoms with van der Waals surface area (Å²) in [7, 11) is 1.65. The third-order valence-corrected chi connectivity index (χ3v) is 5.31. The van der Waals surface area contributed by atoms with Crippen molar-refractivity contribution in [2.75, 3.05) is 25.2 Å². The molecule has 2 heterocycles. The Morgan fingerprint density at radius 1 is 1.20 bits per heavy atom. The van der Waals surface area contributed by atoms with Gasteiger partial charge in [0.1, 0.15) is 11.5 Å². The topological polar surface area (TPSA) is 83.7 Å². The van der Waals surface area contributed by atoms with Crippen LogP contribution >= 0.6 is 0 Å². The van der Waals surface area contributed by atoms with Crippen LogP contribution in [0.2, 0.25) is 0 Å². The number of benzene rings is 2. The lowest BCUT2D eigenvalue weighted by atomic mass is 10.1. The summed E-state index contributed by atoms with van der Waals surface area (Å²) in [6, 6.07) is 12.5. The van der Waals surface area contributed by atoms with E-state index in [-0.39, 0.29) is 18.2 Å². The fraction of sp³-hybridized carbons (Fsp3) is 0.304. The van der Waals surface area contributed by atoms with Crippen LogP contribution in [-0.2, 0) is 16.0 Å². The van der Waals surface area contributed by atoms with Gasteiger partial charge >= 0.3 is 0 Å². The Bertz CT molecular complexity index is 1080. The molecule has 1 saturated heterocycles. The van der Waals surface area contributed by atoms with Gasteiger partial charge in [0.2, 0.25) is 5.91 Å². The largest absolute Gasteiger partial charge is 0.497 e. The molecule has 1 aromatic heterocycles. The second kappa shape index (κ2) is 8.59. The molecule has 1 atom stereocenters. The minimum atomic E-state index is -0.535. The predicted molar refractivity (Wildman–Crippen MR) is 115 cm³/mol. The lowest BCUT2D eigenvalue weighted by Crippen LogP contribution is -2.39. The highest BCUT2D eigenvalue weighted by atomic mass is 16.5. The van der Waals surface area contributed by atoms with Crippen molar-refractivity contribution in [3.63, 3.8) is 0 Å². The highest BCUT2D eigenvalue weighted by Gasteiger charge is 2.40. The third-order valence-electron chi connectivity index (χ3n) is 5.31. The van der Waals surface area contributed by atoms with Crippen LogP contribution in [0.15, 0.2) is 48.7 Å². The molecular formula is C23H25N3O4. The molecule has 30 heavy (non-hydrogen) atoms. The van der Waals surface area contributed by atoms with Crippen LogP contribution in [-0.4, -0.2) is 43.1 Å². The zero-order valence-corrected chi connectivity index (χ0v) is 17.1. The van der Waals surface area contributed by atoms with Crippen LogP contribution in [0, 0.1) is 0 Å². The van der Waals surface area contributed by atoms with E-state index in [1.165, 1.54) is 4.90 Å². The predicted octanol–water partition coefficient (Wildman–Crippen LogP) is 3.04. The summed E-state index contributed by atoms with van der Waals surface area (Å²) in [5.74, 6) is 0.876. The highest BCUT2D eigenvalue weighted by molar-refractivity contribution is 6.23. The monoisotopic (exact) mass is 407 g/mol. The van der Waals surface area contributed by atoms with E-state index in [1.54, 1.807) is 25.3 Å². The quantitative estimate of drug-likeness (QED) is 0.561. The standard InChI is InChI=1S/C23H25N3O4/c1-3-30-21-7-5-4-6-20(21)26-22(27)13-19(23(26)28)24-11-10-15-14-25-18-9-8-16(29-2)12-17(15)18/h4-9,12,14,19,24-25H,3,10-11,13H2,1-2H3/t19-/m0/s1. The Morgan fingerprint density at radius 2 is 2.03 bits per heavy atom. The number of anilines is 1. The van der Waals surface area contributed by atoms with Crippen LogP contribution in [0.25, 0.3) is 10.9 Å². The van der Waals surface area contributed by atoms with E-state index in [9.17, 15) is 9.59 Å². The Balaban J connectivity index is 1.43. The molecule has 0 radical (unpaired) electrons. The van der Waals surface area contributed by atoms with Gasteiger partial charge in [-0.25, -0.2) is 4.90 Å². The summed E-state index contributed by atoms with van der Waals surface area (Å²) < 4.78 is 10.9. The summed E-state index contributed by atoms with van der Waals surface area (Å²) in [5, 5.41) is 4.34. The smallest absolute Gasteiger partial charge is 0.251 e. The second-order valence-electron chi connectivity index (χ2n) is 7.15. The molecule has 2 N–H and O–H groups in total. The van der Waals surface area contributed by atoms with Gasteiger partial charge in [-0.15, -0.1) is 0 Å². The molecular weight excluding hydrogens is 382 g/mol. The molecule has 1 fully saturated rings. The van der Waals surface area contributed by atoms with Crippen LogP contribution in [0.4, 0.5) is 5.69 Å². The van der Waals surface area contributed by atoms with Gasteiger partial charge in [-0.3, -0.25) is 9.59 Å². The molecule has 0 aliphatic carbocycles. The molecule has 3 aromatic rings. The Labute approximate surface area is 175 Å². The molecule has 2 amide bonds. The van der Waals surface area contributed by atoms with Gasteiger partial charge in [0.15, 0.2) is 0 Å². The van der Waals surface area contributed by atoms with E-state index >= 15 is 0 Å². The van der Waals surface area contributed by atoms with Crippen molar-refractivity contribution in [1.29, 1.82) is 0 Å². The van der Waals surface area contributed by atoms with E-state index in [0.717, 1.165) is 28.6 Å². The van der Waals surface area contributed by atoms with Gasteiger partial charge < -0.3 is 19.8 Å². The Hall–Kier alpha value is -3.32. The number of aromatic nitrogens is 1. The van der Waals surface area contributed by atoms with Crippen LogP contribution in [0.1, 0.15) is 18.9 Å². The normalized spacial score (nSPS) is 16.5. The summed E-state index contributed by atoms with van der Waals surface area (Å²) in [6.45, 7) is 2.91. The number of carbonyl (C=O) groups excluding carboxylic acids is 2. The molecule has 0 saturated carbocycles. The number of nitrogens with zero attached hydrogens (tertiary/aromatic N) is 1. The number of nitrogens with one attached hydrogen (secondary N) is 2. The number of para-hydroxylation sites is 2. The first-order chi connectivity index (χ1) is 14.6. The average molecular weight is 407 g/mol. The van der Waals surface area contributed by atoms with Crippen molar-refractivity contribution in [3.05, 3.63) is 54.2 Å². The summed E-state index contributed by atoms with van der Waals surface area (Å²) in [6.07, 6.45) is 2.83. The fourth-order valence-electron chi connectivity index (χ4n) is 3.84. The number of imide groups is 1. The van der Waals surface area contributed by atoms with Crippen molar-refractivity contribution in [3.8, 4) is 11.5 Å².